The van der Waals surface area contributed by atoms with Crippen LogP contribution in [0.4, 0.5) is 0 Å². The first-order valence-electron chi connectivity index (χ1n) is 31.8. The monoisotopic (exact) mass is 1210 g/mol. The highest BCUT2D eigenvalue weighted by Gasteiger charge is 2.35. The van der Waals surface area contributed by atoms with Gasteiger partial charge in [0.2, 0.25) is 29.5 Å². The molecule has 5 amide bonds. The number of Topliss-reactive ketones (excluding diaryl/α,β-unsaturated/α-hetero) is 4. The van der Waals surface area contributed by atoms with Crippen LogP contribution in [-0.2, 0) is 68.8 Å². The summed E-state index contributed by atoms with van der Waals surface area (Å²) in [4.78, 5) is 125. The number of primary amides is 1. The predicted octanol–water partition coefficient (Wildman–Crippen LogP) is 6.74. The topological polar surface area (TPSA) is 332 Å². The van der Waals surface area contributed by atoms with Crippen molar-refractivity contribution in [1.82, 2.24) is 21.3 Å². The Morgan fingerprint density at radius 3 is 1.05 bits per heavy atom. The van der Waals surface area contributed by atoms with Gasteiger partial charge in [0.15, 0.2) is 23.1 Å². The Hall–Kier alpha value is -7.25. The van der Waals surface area contributed by atoms with Gasteiger partial charge in [0.25, 0.3) is 0 Å². The van der Waals surface area contributed by atoms with Crippen LogP contribution in [0.15, 0.2) is 121 Å². The molecule has 0 aliphatic rings. The van der Waals surface area contributed by atoms with E-state index in [-0.39, 0.29) is 118 Å². The van der Waals surface area contributed by atoms with E-state index >= 15 is 0 Å². The largest absolute Gasteiger partial charge is 0.368 e. The Morgan fingerprint density at radius 2 is 0.705 bits per heavy atom. The molecule has 0 saturated carbocycles. The molecule has 18 heteroatoms. The summed E-state index contributed by atoms with van der Waals surface area (Å²) in [6.45, 7) is 12.4. The Morgan fingerprint density at radius 1 is 0.386 bits per heavy atom. The zero-order chi connectivity index (χ0) is 65.0. The van der Waals surface area contributed by atoms with Gasteiger partial charge in [0, 0.05) is 55.9 Å². The standard InChI is InChI=1S/C68H97N9O9.C2H6/c1-45(2)35-58(76-67(85)53(37-47-21-9-5-10-22-47)43-60(78)55(71)39-49-25-13-7-14-26-49)62(80)41-51(29-19-32-69)65(83)74-34-18-17-31-57(64(73)82)75-66(84)52(30-20-33-70)42-63(81)59(36-46(3)4)77-68(86)54(38-48-23-11-6-12-24-48)44-61(79)56(72)40-50-27-15-8-16-28-50;1-2/h5-16,21-28,45-46,51-59H,17-20,29-44,69-72H2,1-4H3,(H2,73,82)(H,74,83)(H,75,84)(H,76,85)(H,77,86);1-2H3/t51-,52-,53-,54-,55+,56+,57-,58+,59+;/m0./s1. The molecule has 0 bridgehead atoms. The minimum absolute atomic E-state index is 0.00510. The summed E-state index contributed by atoms with van der Waals surface area (Å²) in [6.07, 6.45) is 3.23. The maximum Gasteiger partial charge on any atom is 0.239 e. The predicted molar refractivity (Wildman–Crippen MR) is 348 cm³/mol. The molecule has 88 heavy (non-hydrogen) atoms. The summed E-state index contributed by atoms with van der Waals surface area (Å²) in [7, 11) is 0. The van der Waals surface area contributed by atoms with Gasteiger partial charge in [0.05, 0.1) is 24.2 Å². The average molecular weight is 1210 g/mol. The van der Waals surface area contributed by atoms with Crippen molar-refractivity contribution in [3.8, 4) is 0 Å². The molecular formula is C70H103N9O9. The summed E-state index contributed by atoms with van der Waals surface area (Å²) in [5, 5.41) is 11.6. The molecule has 0 heterocycles. The highest BCUT2D eigenvalue weighted by molar-refractivity contribution is 5.96. The molecule has 4 rings (SSSR count). The fraction of sp³-hybridized carbons (Fsp3) is 0.529. The SMILES string of the molecule is CC.CC(C)C[C@@H](NC(=O)[C@H](CC(=O)[C@H](N)Cc1ccccc1)Cc1ccccc1)C(=O)C[C@H](CCCN)C(=O)NCCCC[C@H](NC(=O)[C@@H](CCCN)CC(=O)[C@@H](CC(C)C)NC(=O)[C@H](CC(=O)[C@H](N)Cc1ccccc1)Cc1ccccc1)C(N)=O. The van der Waals surface area contributed by atoms with Gasteiger partial charge in [-0.15, -0.1) is 0 Å². The number of nitrogens with one attached hydrogen (secondary N) is 4. The number of ketones is 4. The van der Waals surface area contributed by atoms with Crippen LogP contribution >= 0.6 is 0 Å². The quantitative estimate of drug-likeness (QED) is 0.0208. The Balaban J connectivity index is 0.0000100. The van der Waals surface area contributed by atoms with Crippen LogP contribution in [0.3, 0.4) is 0 Å². The van der Waals surface area contributed by atoms with Crippen LogP contribution in [-0.4, -0.2) is 103 Å². The third-order valence-corrected chi connectivity index (χ3v) is 15.6. The molecule has 9 atom stereocenters. The second-order valence-corrected chi connectivity index (χ2v) is 23.9. The van der Waals surface area contributed by atoms with Crippen LogP contribution in [0.1, 0.15) is 147 Å². The molecule has 18 nitrogen and oxygen atoms in total. The van der Waals surface area contributed by atoms with E-state index < -0.39 is 77.5 Å². The molecular weight excluding hydrogens is 1110 g/mol. The first-order chi connectivity index (χ1) is 42.2. The smallest absolute Gasteiger partial charge is 0.239 e. The highest BCUT2D eigenvalue weighted by Crippen LogP contribution is 2.23. The van der Waals surface area contributed by atoms with Crippen LogP contribution in [0.25, 0.3) is 0 Å². The molecule has 0 saturated heterocycles. The van der Waals surface area contributed by atoms with Crippen molar-refractivity contribution in [2.24, 2.45) is 64.2 Å². The van der Waals surface area contributed by atoms with E-state index in [0.717, 1.165) is 22.3 Å². The van der Waals surface area contributed by atoms with Crippen LogP contribution in [0.2, 0.25) is 0 Å². The molecule has 0 radical (unpaired) electrons. The first kappa shape index (κ1) is 75.0. The van der Waals surface area contributed by atoms with Gasteiger partial charge in [-0.2, -0.15) is 0 Å². The van der Waals surface area contributed by atoms with E-state index in [1.54, 1.807) is 0 Å². The van der Waals surface area contributed by atoms with Crippen molar-refractivity contribution in [1.29, 1.82) is 0 Å². The molecule has 14 N–H and O–H groups in total. The maximum atomic E-state index is 14.3. The number of hydrogen-bond acceptors (Lipinski definition) is 13. The Kier molecular flexibility index (Phi) is 35.6. The fourth-order valence-electron chi connectivity index (χ4n) is 10.7. The number of carbonyl (C=O) groups is 9. The molecule has 0 spiro atoms. The lowest BCUT2D eigenvalue weighted by molar-refractivity contribution is -0.135. The van der Waals surface area contributed by atoms with Crippen LogP contribution in [0, 0.1) is 35.5 Å². The van der Waals surface area contributed by atoms with Gasteiger partial charge in [0.1, 0.15) is 6.04 Å². The fourth-order valence-corrected chi connectivity index (χ4v) is 10.7. The van der Waals surface area contributed by atoms with Crippen molar-refractivity contribution in [2.75, 3.05) is 19.6 Å². The summed E-state index contributed by atoms with van der Waals surface area (Å²) in [6, 6.07) is 32.7. The second-order valence-electron chi connectivity index (χ2n) is 23.9. The number of unbranched alkanes of at least 4 members (excludes halogenated alkanes) is 1. The minimum Gasteiger partial charge on any atom is -0.368 e. The normalized spacial score (nSPS) is 14.3. The van der Waals surface area contributed by atoms with Crippen molar-refractivity contribution in [3.63, 3.8) is 0 Å². The lowest BCUT2D eigenvalue weighted by atomic mass is 9.88. The van der Waals surface area contributed by atoms with E-state index in [9.17, 15) is 43.2 Å². The molecule has 0 unspecified atom stereocenters. The van der Waals surface area contributed by atoms with Crippen LogP contribution in [0.5, 0.6) is 0 Å². The third-order valence-electron chi connectivity index (χ3n) is 15.6. The Labute approximate surface area is 523 Å². The van der Waals surface area contributed by atoms with E-state index in [2.05, 4.69) is 21.3 Å². The van der Waals surface area contributed by atoms with Crippen molar-refractivity contribution < 1.29 is 43.2 Å². The number of hydrogen-bond donors (Lipinski definition) is 9. The molecule has 0 aliphatic heterocycles. The van der Waals surface area contributed by atoms with Crippen LogP contribution < -0.4 is 49.9 Å². The number of amides is 5. The third kappa shape index (κ3) is 28.7. The zero-order valence-corrected chi connectivity index (χ0v) is 53.1. The number of carbonyl (C=O) groups excluding carboxylic acids is 9. The van der Waals surface area contributed by atoms with Gasteiger partial charge in [-0.25, -0.2) is 0 Å². The van der Waals surface area contributed by atoms with E-state index in [4.69, 9.17) is 28.7 Å². The summed E-state index contributed by atoms with van der Waals surface area (Å²) in [5.41, 5.74) is 33.8. The number of benzene rings is 4. The second kappa shape index (κ2) is 41.8. The van der Waals surface area contributed by atoms with E-state index in [1.807, 2.05) is 163 Å². The van der Waals surface area contributed by atoms with E-state index in [0.29, 0.717) is 51.4 Å². The lowest BCUT2D eigenvalue weighted by Crippen LogP contribution is -2.49. The van der Waals surface area contributed by atoms with E-state index in [1.165, 1.54) is 0 Å². The molecule has 0 fully saturated rings. The lowest BCUT2D eigenvalue weighted by Gasteiger charge is -2.26. The van der Waals surface area contributed by atoms with Crippen molar-refractivity contribution in [3.05, 3.63) is 144 Å². The minimum atomic E-state index is -1.11. The highest BCUT2D eigenvalue weighted by atomic mass is 16.2. The summed E-state index contributed by atoms with van der Waals surface area (Å²) < 4.78 is 0. The van der Waals surface area contributed by atoms with Crippen molar-refractivity contribution in [2.45, 2.75) is 181 Å². The van der Waals surface area contributed by atoms with Gasteiger partial charge in [-0.3, -0.25) is 43.2 Å². The number of nitrogens with two attached hydrogens (primary N) is 5. The maximum absolute atomic E-state index is 14.3. The Bertz CT molecular complexity index is 2730. The van der Waals surface area contributed by atoms with Gasteiger partial charge < -0.3 is 49.9 Å². The molecule has 0 aliphatic carbocycles. The zero-order valence-electron chi connectivity index (χ0n) is 53.1. The summed E-state index contributed by atoms with van der Waals surface area (Å²) in [5.74, 6) is -7.27. The van der Waals surface area contributed by atoms with Gasteiger partial charge in [-0.05, 0) is 131 Å². The average Bonchev–Trinajstić information content (AvgIpc) is 3.66. The van der Waals surface area contributed by atoms with Gasteiger partial charge >= 0.3 is 0 Å². The molecule has 4 aromatic carbocycles. The number of rotatable bonds is 43. The van der Waals surface area contributed by atoms with Gasteiger partial charge in [-0.1, -0.05) is 163 Å². The molecule has 0 aromatic heterocycles. The summed E-state index contributed by atoms with van der Waals surface area (Å²) >= 11 is 0. The van der Waals surface area contributed by atoms with Crippen molar-refractivity contribution >= 4 is 52.7 Å². The molecule has 482 valence electrons. The first-order valence-corrected chi connectivity index (χ1v) is 31.8. The molecule has 4 aromatic rings.